The Balaban J connectivity index is 1.33. The van der Waals surface area contributed by atoms with Gasteiger partial charge in [0.15, 0.2) is 0 Å². The summed E-state index contributed by atoms with van der Waals surface area (Å²) < 4.78 is 1.99. The standard InChI is InChI=1S/C19H28N4OS/c1-15-13-16(2)23(21-15)9-3-6-19(24)20-17-7-10-22(11-8-17)14-18-5-4-12-25-18/h4-5,12-13,17H,3,6-11,14H2,1-2H3,(H,20,24). The van der Waals surface area contributed by atoms with Crippen LogP contribution in [0.3, 0.4) is 0 Å². The van der Waals surface area contributed by atoms with Crippen molar-refractivity contribution in [3.8, 4) is 0 Å². The average molecular weight is 361 g/mol. The van der Waals surface area contributed by atoms with Gasteiger partial charge in [0.2, 0.25) is 5.91 Å². The summed E-state index contributed by atoms with van der Waals surface area (Å²) in [5.41, 5.74) is 2.20. The molecule has 1 aliphatic heterocycles. The number of carbonyl (C=O) groups is 1. The maximum Gasteiger partial charge on any atom is 0.220 e. The molecule has 0 bridgehead atoms. The van der Waals surface area contributed by atoms with E-state index < -0.39 is 0 Å². The van der Waals surface area contributed by atoms with Crippen LogP contribution < -0.4 is 5.32 Å². The molecule has 1 aliphatic rings. The van der Waals surface area contributed by atoms with Gasteiger partial charge in [0.25, 0.3) is 0 Å². The summed E-state index contributed by atoms with van der Waals surface area (Å²) in [4.78, 5) is 16.1. The molecule has 0 aromatic carbocycles. The van der Waals surface area contributed by atoms with Crippen LogP contribution >= 0.6 is 11.3 Å². The van der Waals surface area contributed by atoms with Gasteiger partial charge in [0.05, 0.1) is 5.69 Å². The average Bonchev–Trinajstić information content (AvgIpc) is 3.19. The van der Waals surface area contributed by atoms with Crippen LogP contribution in [0.5, 0.6) is 0 Å². The highest BCUT2D eigenvalue weighted by Gasteiger charge is 2.20. The largest absolute Gasteiger partial charge is 0.353 e. The third kappa shape index (κ3) is 5.41. The molecule has 3 rings (SSSR count). The number of nitrogens with one attached hydrogen (secondary N) is 1. The molecule has 0 saturated carbocycles. The zero-order chi connectivity index (χ0) is 17.6. The monoisotopic (exact) mass is 360 g/mol. The van der Waals surface area contributed by atoms with Gasteiger partial charge in [-0.2, -0.15) is 5.10 Å². The van der Waals surface area contributed by atoms with Gasteiger partial charge in [-0.1, -0.05) is 6.07 Å². The number of aryl methyl sites for hydroxylation is 3. The van der Waals surface area contributed by atoms with Crippen molar-refractivity contribution in [2.24, 2.45) is 0 Å². The Morgan fingerprint density at radius 2 is 2.16 bits per heavy atom. The Morgan fingerprint density at radius 1 is 1.36 bits per heavy atom. The molecule has 0 atom stereocenters. The van der Waals surface area contributed by atoms with Gasteiger partial charge in [0, 0.05) is 49.2 Å². The fourth-order valence-electron chi connectivity index (χ4n) is 3.45. The maximum absolute atomic E-state index is 12.2. The minimum atomic E-state index is 0.179. The molecule has 0 unspecified atom stereocenters. The first-order valence-electron chi connectivity index (χ1n) is 9.15. The lowest BCUT2D eigenvalue weighted by Crippen LogP contribution is -2.44. The molecule has 25 heavy (non-hydrogen) atoms. The van der Waals surface area contributed by atoms with Crippen molar-refractivity contribution in [1.82, 2.24) is 20.0 Å². The number of thiophene rings is 1. The van der Waals surface area contributed by atoms with E-state index in [1.807, 2.05) is 22.9 Å². The van der Waals surface area contributed by atoms with Crippen LogP contribution in [-0.2, 0) is 17.9 Å². The normalized spacial score (nSPS) is 16.2. The zero-order valence-electron chi connectivity index (χ0n) is 15.2. The molecule has 2 aromatic heterocycles. The van der Waals surface area contributed by atoms with Gasteiger partial charge in [-0.3, -0.25) is 14.4 Å². The second kappa shape index (κ2) is 8.63. The molecule has 1 N–H and O–H groups in total. The summed E-state index contributed by atoms with van der Waals surface area (Å²) in [5.74, 6) is 0.179. The lowest BCUT2D eigenvalue weighted by Gasteiger charge is -2.32. The van der Waals surface area contributed by atoms with Crippen LogP contribution in [0.1, 0.15) is 41.9 Å². The third-order valence-electron chi connectivity index (χ3n) is 4.79. The van der Waals surface area contributed by atoms with Crippen LogP contribution in [0.4, 0.5) is 0 Å². The Labute approximate surface area is 154 Å². The Bertz CT molecular complexity index is 672. The van der Waals surface area contributed by atoms with Crippen LogP contribution in [0, 0.1) is 13.8 Å². The van der Waals surface area contributed by atoms with Crippen molar-refractivity contribution >= 4 is 17.2 Å². The van der Waals surface area contributed by atoms with Gasteiger partial charge >= 0.3 is 0 Å². The number of rotatable bonds is 7. The molecular formula is C19H28N4OS. The summed E-state index contributed by atoms with van der Waals surface area (Å²) in [5, 5.41) is 9.79. The lowest BCUT2D eigenvalue weighted by molar-refractivity contribution is -0.122. The third-order valence-corrected chi connectivity index (χ3v) is 5.65. The second-order valence-corrected chi connectivity index (χ2v) is 7.98. The summed E-state index contributed by atoms with van der Waals surface area (Å²) in [7, 11) is 0. The number of piperidine rings is 1. The number of amides is 1. The molecule has 2 aromatic rings. The van der Waals surface area contributed by atoms with Gasteiger partial charge < -0.3 is 5.32 Å². The van der Waals surface area contributed by atoms with Crippen LogP contribution in [0.15, 0.2) is 23.6 Å². The van der Waals surface area contributed by atoms with Gasteiger partial charge in [0.1, 0.15) is 0 Å². The number of aromatic nitrogens is 2. The van der Waals surface area contributed by atoms with E-state index in [0.717, 1.165) is 56.8 Å². The van der Waals surface area contributed by atoms with E-state index in [0.29, 0.717) is 12.5 Å². The summed E-state index contributed by atoms with van der Waals surface area (Å²) in [6.45, 7) is 8.04. The van der Waals surface area contributed by atoms with E-state index in [-0.39, 0.29) is 5.91 Å². The maximum atomic E-state index is 12.2. The van der Waals surface area contributed by atoms with E-state index in [2.05, 4.69) is 45.8 Å². The SMILES string of the molecule is Cc1cc(C)n(CCCC(=O)NC2CCN(Cc3cccs3)CC2)n1. The summed E-state index contributed by atoms with van der Waals surface area (Å²) in [6, 6.07) is 6.71. The number of hydrogen-bond acceptors (Lipinski definition) is 4. The van der Waals surface area contributed by atoms with Gasteiger partial charge in [-0.05, 0) is 50.6 Å². The van der Waals surface area contributed by atoms with E-state index in [4.69, 9.17) is 0 Å². The van der Waals surface area contributed by atoms with Crippen molar-refractivity contribution in [2.45, 2.75) is 58.7 Å². The van der Waals surface area contributed by atoms with Crippen LogP contribution in [0.2, 0.25) is 0 Å². The van der Waals surface area contributed by atoms with Crippen molar-refractivity contribution in [2.75, 3.05) is 13.1 Å². The van der Waals surface area contributed by atoms with E-state index in [1.54, 1.807) is 0 Å². The molecule has 1 saturated heterocycles. The van der Waals surface area contributed by atoms with Crippen LogP contribution in [0.25, 0.3) is 0 Å². The fraction of sp³-hybridized carbons (Fsp3) is 0.579. The second-order valence-electron chi connectivity index (χ2n) is 6.95. The zero-order valence-corrected chi connectivity index (χ0v) is 16.0. The van der Waals surface area contributed by atoms with Crippen LogP contribution in [-0.4, -0.2) is 39.7 Å². The van der Waals surface area contributed by atoms with Gasteiger partial charge in [-0.25, -0.2) is 0 Å². The first kappa shape index (κ1) is 18.1. The minimum Gasteiger partial charge on any atom is -0.353 e. The first-order valence-corrected chi connectivity index (χ1v) is 10.0. The molecule has 136 valence electrons. The highest BCUT2D eigenvalue weighted by Crippen LogP contribution is 2.17. The Morgan fingerprint density at radius 3 is 2.80 bits per heavy atom. The molecule has 0 aliphatic carbocycles. The van der Waals surface area contributed by atoms with E-state index in [1.165, 1.54) is 4.88 Å². The minimum absolute atomic E-state index is 0.179. The Kier molecular flexibility index (Phi) is 6.26. The number of carbonyl (C=O) groups excluding carboxylic acids is 1. The highest BCUT2D eigenvalue weighted by molar-refractivity contribution is 7.09. The fourth-order valence-corrected chi connectivity index (χ4v) is 4.20. The predicted octanol–water partition coefficient (Wildman–Crippen LogP) is 3.12. The molecule has 1 fully saturated rings. The predicted molar refractivity (Wildman–Crippen MR) is 102 cm³/mol. The highest BCUT2D eigenvalue weighted by atomic mass is 32.1. The molecule has 1 amide bonds. The summed E-state index contributed by atoms with van der Waals surface area (Å²) >= 11 is 1.82. The van der Waals surface area contributed by atoms with Gasteiger partial charge in [-0.15, -0.1) is 11.3 Å². The molecule has 6 heteroatoms. The van der Waals surface area contributed by atoms with E-state index >= 15 is 0 Å². The quantitative estimate of drug-likeness (QED) is 0.825. The van der Waals surface area contributed by atoms with Crippen molar-refractivity contribution in [3.05, 3.63) is 39.8 Å². The smallest absolute Gasteiger partial charge is 0.220 e. The topological polar surface area (TPSA) is 50.2 Å². The molecular weight excluding hydrogens is 332 g/mol. The number of hydrogen-bond donors (Lipinski definition) is 1. The van der Waals surface area contributed by atoms with Crippen molar-refractivity contribution in [1.29, 1.82) is 0 Å². The lowest BCUT2D eigenvalue weighted by atomic mass is 10.0. The number of nitrogens with zero attached hydrogens (tertiary/aromatic N) is 3. The van der Waals surface area contributed by atoms with Crippen molar-refractivity contribution in [3.63, 3.8) is 0 Å². The Hall–Kier alpha value is -1.66. The van der Waals surface area contributed by atoms with E-state index in [9.17, 15) is 4.79 Å². The molecule has 0 spiro atoms. The molecule has 3 heterocycles. The number of likely N-dealkylation sites (tertiary alicyclic amines) is 1. The first-order chi connectivity index (χ1) is 12.1. The molecule has 5 nitrogen and oxygen atoms in total. The summed E-state index contributed by atoms with van der Waals surface area (Å²) in [6.07, 6.45) is 3.52. The van der Waals surface area contributed by atoms with Crippen molar-refractivity contribution < 1.29 is 4.79 Å². The molecule has 0 radical (unpaired) electrons.